The lowest BCUT2D eigenvalue weighted by molar-refractivity contribution is -0.120. The van der Waals surface area contributed by atoms with Crippen LogP contribution in [0.3, 0.4) is 0 Å². The highest BCUT2D eigenvalue weighted by Crippen LogP contribution is 2.29. The first-order valence-corrected chi connectivity index (χ1v) is 10.3. The number of nitrogens with one attached hydrogen (secondary N) is 1. The molecule has 0 fully saturated rings. The van der Waals surface area contributed by atoms with Crippen molar-refractivity contribution in [1.82, 2.24) is 9.38 Å². The summed E-state index contributed by atoms with van der Waals surface area (Å²) < 4.78 is 7.38. The summed E-state index contributed by atoms with van der Waals surface area (Å²) in [4.78, 5) is 30.8. The zero-order chi connectivity index (χ0) is 20.3. The van der Waals surface area contributed by atoms with Gasteiger partial charge in [0.25, 0.3) is 5.56 Å². The van der Waals surface area contributed by atoms with Crippen LogP contribution in [0.15, 0.2) is 35.3 Å². The van der Waals surface area contributed by atoms with Crippen LogP contribution in [0, 0.1) is 12.8 Å². The van der Waals surface area contributed by atoms with Crippen molar-refractivity contribution in [3.63, 3.8) is 0 Å². The van der Waals surface area contributed by atoms with E-state index in [9.17, 15) is 9.59 Å². The Bertz CT molecular complexity index is 1060. The highest BCUT2D eigenvalue weighted by molar-refractivity contribution is 7.16. The molecule has 0 saturated carbocycles. The smallest absolute Gasteiger partial charge is 0.258 e. The number of aryl methyl sites for hydroxylation is 1. The van der Waals surface area contributed by atoms with Gasteiger partial charge in [-0.2, -0.15) is 0 Å². The number of amides is 1. The fourth-order valence-electron chi connectivity index (χ4n) is 2.90. The predicted molar refractivity (Wildman–Crippen MR) is 113 cm³/mol. The van der Waals surface area contributed by atoms with Crippen molar-refractivity contribution in [2.24, 2.45) is 5.92 Å². The van der Waals surface area contributed by atoms with Crippen LogP contribution in [0.5, 0.6) is 5.75 Å². The first-order valence-electron chi connectivity index (χ1n) is 9.13. The average molecular weight is 420 g/mol. The molecule has 0 bridgehead atoms. The van der Waals surface area contributed by atoms with Crippen LogP contribution in [0.25, 0.3) is 4.96 Å². The van der Waals surface area contributed by atoms with Crippen LogP contribution in [0.2, 0.25) is 5.02 Å². The van der Waals surface area contributed by atoms with Crippen LogP contribution in [-0.4, -0.2) is 15.3 Å². The predicted octanol–water partition coefficient (Wildman–Crippen LogP) is 4.67. The van der Waals surface area contributed by atoms with Crippen LogP contribution in [0.1, 0.15) is 37.3 Å². The van der Waals surface area contributed by atoms with Gasteiger partial charge in [0.1, 0.15) is 12.4 Å². The quantitative estimate of drug-likeness (QED) is 0.603. The molecule has 0 aliphatic heterocycles. The van der Waals surface area contributed by atoms with Gasteiger partial charge in [0.2, 0.25) is 5.91 Å². The molecule has 1 N–H and O–H groups in total. The van der Waals surface area contributed by atoms with Gasteiger partial charge in [-0.1, -0.05) is 25.4 Å². The number of nitrogens with zero attached hydrogens (tertiary/aromatic N) is 2. The largest absolute Gasteiger partial charge is 0.485 e. The fraction of sp³-hybridized carbons (Fsp3) is 0.350. The van der Waals surface area contributed by atoms with E-state index >= 15 is 0 Å². The second-order valence-corrected chi connectivity index (χ2v) is 8.16. The van der Waals surface area contributed by atoms with Crippen molar-refractivity contribution in [3.8, 4) is 5.75 Å². The average Bonchev–Trinajstić information content (AvgIpc) is 3.03. The van der Waals surface area contributed by atoms with Gasteiger partial charge in [-0.15, -0.1) is 11.3 Å². The molecule has 0 saturated heterocycles. The Morgan fingerprint density at radius 3 is 2.79 bits per heavy atom. The minimum Gasteiger partial charge on any atom is -0.485 e. The van der Waals surface area contributed by atoms with E-state index in [2.05, 4.69) is 10.3 Å². The summed E-state index contributed by atoms with van der Waals surface area (Å²) in [6.45, 7) is 6.00. The van der Waals surface area contributed by atoms with Crippen LogP contribution in [-0.2, 0) is 11.4 Å². The number of thiazole rings is 1. The molecule has 3 aromatic rings. The van der Waals surface area contributed by atoms with Gasteiger partial charge >= 0.3 is 0 Å². The number of carbonyl (C=O) groups excluding carboxylic acids is 1. The third-order valence-corrected chi connectivity index (χ3v) is 5.60. The van der Waals surface area contributed by atoms with Gasteiger partial charge < -0.3 is 10.1 Å². The molecule has 8 heteroatoms. The van der Waals surface area contributed by atoms with E-state index in [-0.39, 0.29) is 24.0 Å². The molecule has 2 aromatic heterocycles. The molecule has 0 atom stereocenters. The highest BCUT2D eigenvalue weighted by Gasteiger charge is 2.17. The normalized spacial score (nSPS) is 11.2. The summed E-state index contributed by atoms with van der Waals surface area (Å²) >= 11 is 7.54. The van der Waals surface area contributed by atoms with Gasteiger partial charge in [-0.05, 0) is 38.0 Å². The Labute approximate surface area is 172 Å². The minimum atomic E-state index is -0.147. The van der Waals surface area contributed by atoms with Gasteiger partial charge in [0.15, 0.2) is 4.96 Å². The van der Waals surface area contributed by atoms with Gasteiger partial charge in [0, 0.05) is 28.1 Å². The van der Waals surface area contributed by atoms with E-state index in [1.165, 1.54) is 21.8 Å². The molecule has 1 amide bonds. The van der Waals surface area contributed by atoms with Crippen LogP contribution in [0.4, 0.5) is 5.69 Å². The third-order valence-electron chi connectivity index (χ3n) is 4.47. The van der Waals surface area contributed by atoms with E-state index in [1.807, 2.05) is 20.8 Å². The SMILES string of the molecule is CCC(CC)C(=O)Nc1cc(Cl)ccc1OCc1cc(=O)n2cc(C)sc2n1. The number of benzene rings is 1. The van der Waals surface area contributed by atoms with E-state index in [0.717, 1.165) is 17.7 Å². The molecule has 6 nitrogen and oxygen atoms in total. The van der Waals surface area contributed by atoms with Crippen molar-refractivity contribution in [1.29, 1.82) is 0 Å². The van der Waals surface area contributed by atoms with Crippen molar-refractivity contribution in [2.45, 2.75) is 40.2 Å². The van der Waals surface area contributed by atoms with Crippen molar-refractivity contribution >= 4 is 39.5 Å². The summed E-state index contributed by atoms with van der Waals surface area (Å²) in [7, 11) is 0. The minimum absolute atomic E-state index is 0.0658. The maximum Gasteiger partial charge on any atom is 0.258 e. The Balaban J connectivity index is 1.81. The molecule has 0 aliphatic carbocycles. The number of hydrogen-bond donors (Lipinski definition) is 1. The van der Waals surface area contributed by atoms with E-state index < -0.39 is 0 Å². The number of hydrogen-bond acceptors (Lipinski definition) is 5. The number of anilines is 1. The van der Waals surface area contributed by atoms with Crippen LogP contribution < -0.4 is 15.6 Å². The number of halogens is 1. The molecule has 3 rings (SSSR count). The van der Waals surface area contributed by atoms with Gasteiger partial charge in [0.05, 0.1) is 11.4 Å². The third kappa shape index (κ3) is 4.54. The molecule has 0 radical (unpaired) electrons. The van der Waals surface area contributed by atoms with E-state index in [0.29, 0.717) is 27.1 Å². The monoisotopic (exact) mass is 419 g/mol. The fourth-order valence-corrected chi connectivity index (χ4v) is 3.93. The summed E-state index contributed by atoms with van der Waals surface area (Å²) in [5, 5.41) is 3.40. The maximum absolute atomic E-state index is 12.4. The van der Waals surface area contributed by atoms with E-state index in [4.69, 9.17) is 16.3 Å². The summed E-state index contributed by atoms with van der Waals surface area (Å²) in [6.07, 6.45) is 3.28. The number of rotatable bonds is 7. The second-order valence-electron chi connectivity index (χ2n) is 6.51. The maximum atomic E-state index is 12.4. The summed E-state index contributed by atoms with van der Waals surface area (Å²) in [5.41, 5.74) is 0.888. The summed E-state index contributed by atoms with van der Waals surface area (Å²) in [6, 6.07) is 6.51. The second kappa shape index (κ2) is 8.75. The van der Waals surface area contributed by atoms with Gasteiger partial charge in [-0.3, -0.25) is 14.0 Å². The first-order chi connectivity index (χ1) is 13.4. The van der Waals surface area contributed by atoms with Crippen molar-refractivity contribution in [2.75, 3.05) is 5.32 Å². The zero-order valence-corrected chi connectivity index (χ0v) is 17.6. The Hall–Kier alpha value is -2.38. The Kier molecular flexibility index (Phi) is 6.36. The Morgan fingerprint density at radius 1 is 1.32 bits per heavy atom. The lowest BCUT2D eigenvalue weighted by atomic mass is 10.0. The topological polar surface area (TPSA) is 72.7 Å². The number of carbonyl (C=O) groups is 1. The molecule has 1 aromatic carbocycles. The zero-order valence-electron chi connectivity index (χ0n) is 16.0. The molecule has 28 heavy (non-hydrogen) atoms. The molecule has 0 unspecified atom stereocenters. The summed E-state index contributed by atoms with van der Waals surface area (Å²) in [5.74, 6) is 0.343. The first kappa shape index (κ1) is 20.4. The lowest BCUT2D eigenvalue weighted by Gasteiger charge is -2.16. The number of fused-ring (bicyclic) bond motifs is 1. The number of aromatic nitrogens is 2. The molecule has 148 valence electrons. The Morgan fingerprint density at radius 2 is 2.07 bits per heavy atom. The molecular weight excluding hydrogens is 398 g/mol. The van der Waals surface area contributed by atoms with Crippen molar-refractivity contribution in [3.05, 3.63) is 56.4 Å². The van der Waals surface area contributed by atoms with Crippen LogP contribution >= 0.6 is 22.9 Å². The molecule has 0 spiro atoms. The lowest BCUT2D eigenvalue weighted by Crippen LogP contribution is -2.22. The number of ether oxygens (including phenoxy) is 1. The highest BCUT2D eigenvalue weighted by atomic mass is 35.5. The molecule has 0 aliphatic rings. The molecule has 2 heterocycles. The molecular formula is C20H22ClN3O3S. The van der Waals surface area contributed by atoms with Crippen molar-refractivity contribution < 1.29 is 9.53 Å². The standard InChI is InChI=1S/C20H22ClN3O3S/c1-4-13(5-2)19(26)23-16-8-14(21)6-7-17(16)27-11-15-9-18(25)24-10-12(3)28-20(24)22-15/h6-10,13H,4-5,11H2,1-3H3,(H,23,26). The van der Waals surface area contributed by atoms with E-state index in [1.54, 1.807) is 24.4 Å². The van der Waals surface area contributed by atoms with Gasteiger partial charge in [-0.25, -0.2) is 4.98 Å².